The highest BCUT2D eigenvalue weighted by Crippen LogP contribution is 2.37. The van der Waals surface area contributed by atoms with E-state index < -0.39 is 30.1 Å². The van der Waals surface area contributed by atoms with Gasteiger partial charge in [0.2, 0.25) is 11.9 Å². The first-order chi connectivity index (χ1) is 18.0. The van der Waals surface area contributed by atoms with Gasteiger partial charge < -0.3 is 28.6 Å². The number of fused-ring (bicyclic) bond motifs is 2. The summed E-state index contributed by atoms with van der Waals surface area (Å²) < 4.78 is 26.4. The van der Waals surface area contributed by atoms with Gasteiger partial charge in [0.05, 0.1) is 25.6 Å². The van der Waals surface area contributed by atoms with Crippen LogP contribution in [0.25, 0.3) is 11.2 Å². The smallest absolute Gasteiger partial charge is 0.280 e. The maximum absolute atomic E-state index is 12.7. The number of rotatable bonds is 8. The second-order valence-corrected chi connectivity index (χ2v) is 9.41. The number of nitrogens with zero attached hydrogens (tertiary/aromatic N) is 3. The van der Waals surface area contributed by atoms with Gasteiger partial charge >= 0.3 is 0 Å². The van der Waals surface area contributed by atoms with Crippen molar-refractivity contribution in [3.63, 3.8) is 0 Å². The number of amides is 1. The molecule has 1 unspecified atom stereocenters. The van der Waals surface area contributed by atoms with Crippen molar-refractivity contribution in [2.45, 2.75) is 50.9 Å². The number of hydrogen-bond donors (Lipinski definition) is 3. The van der Waals surface area contributed by atoms with Gasteiger partial charge in [-0.3, -0.25) is 19.9 Å². The average molecular weight is 514 g/mol. The van der Waals surface area contributed by atoms with E-state index in [1.165, 1.54) is 6.33 Å². The summed E-state index contributed by atoms with van der Waals surface area (Å²) in [5, 5.41) is 12.0. The summed E-state index contributed by atoms with van der Waals surface area (Å²) in [6.45, 7) is 4.35. The zero-order chi connectivity index (χ0) is 25.9. The van der Waals surface area contributed by atoms with Gasteiger partial charge in [0.25, 0.3) is 5.56 Å². The minimum Gasteiger partial charge on any atom is -0.396 e. The van der Waals surface area contributed by atoms with E-state index in [0.717, 1.165) is 5.56 Å². The Bertz CT molecular complexity index is 1280. The number of nitrogens with one attached hydrogen (secondary N) is 2. The van der Waals surface area contributed by atoms with Gasteiger partial charge in [-0.25, -0.2) is 4.98 Å². The van der Waals surface area contributed by atoms with E-state index in [9.17, 15) is 14.7 Å². The number of hydrogen-bond acceptors (Lipinski definition) is 9. The summed E-state index contributed by atoms with van der Waals surface area (Å²) in [6.07, 6.45) is 0.0257. The molecular weight excluding hydrogens is 482 g/mol. The number of imidazole rings is 1. The van der Waals surface area contributed by atoms with Gasteiger partial charge in [-0.2, -0.15) is 4.98 Å². The lowest BCUT2D eigenvalue weighted by atomic mass is 9.96. The molecule has 3 N–H and O–H groups in total. The zero-order valence-electron chi connectivity index (χ0n) is 20.7. The van der Waals surface area contributed by atoms with Crippen LogP contribution in [0.5, 0.6) is 0 Å². The summed E-state index contributed by atoms with van der Waals surface area (Å²) in [4.78, 5) is 36.2. The summed E-state index contributed by atoms with van der Waals surface area (Å²) in [5.41, 5.74) is 0.830. The van der Waals surface area contributed by atoms with Gasteiger partial charge in [-0.05, 0) is 6.42 Å². The Morgan fingerprint density at radius 1 is 1.27 bits per heavy atom. The molecule has 2 fully saturated rings. The van der Waals surface area contributed by atoms with E-state index in [2.05, 4.69) is 20.3 Å². The molecule has 12 heteroatoms. The van der Waals surface area contributed by atoms with Crippen molar-refractivity contribution in [1.29, 1.82) is 0 Å². The molecular formula is C25H31N5O7. The molecule has 198 valence electrons. The van der Waals surface area contributed by atoms with Crippen LogP contribution in [0.3, 0.4) is 0 Å². The molecule has 0 bridgehead atoms. The second-order valence-electron chi connectivity index (χ2n) is 9.41. The first-order valence-electron chi connectivity index (χ1n) is 12.4. The number of H-pyrrole nitrogens is 1. The number of carbonyl (C=O) groups excluding carboxylic acids is 1. The molecule has 5 atom stereocenters. The van der Waals surface area contributed by atoms with Crippen LogP contribution >= 0.6 is 0 Å². The van der Waals surface area contributed by atoms with Crippen molar-refractivity contribution in [2.24, 2.45) is 5.92 Å². The normalized spacial score (nSPS) is 25.8. The van der Waals surface area contributed by atoms with Crippen molar-refractivity contribution >= 4 is 23.0 Å². The molecule has 2 aliphatic heterocycles. The SMILES string of the molecule is CC(C)C(=O)Nc1nc2c(ncn2[C@@H]2CO[C@@H]3COC(c4ccccc4)O[C@H]3[C@H]2OCCCO)c(=O)[nH]1. The van der Waals surface area contributed by atoms with E-state index in [1.807, 2.05) is 30.3 Å². The number of aromatic amines is 1. The molecule has 0 saturated carbocycles. The first-order valence-corrected chi connectivity index (χ1v) is 12.4. The molecule has 0 radical (unpaired) electrons. The summed E-state index contributed by atoms with van der Waals surface area (Å²) in [7, 11) is 0. The van der Waals surface area contributed by atoms with Crippen LogP contribution in [-0.2, 0) is 23.7 Å². The van der Waals surface area contributed by atoms with Crippen LogP contribution in [-0.4, -0.2) is 75.3 Å². The van der Waals surface area contributed by atoms with E-state index in [-0.39, 0.29) is 48.3 Å². The highest BCUT2D eigenvalue weighted by atomic mass is 16.7. The molecule has 1 aromatic carbocycles. The van der Waals surface area contributed by atoms with Crippen molar-refractivity contribution in [3.8, 4) is 0 Å². The second kappa shape index (κ2) is 11.1. The van der Waals surface area contributed by atoms with Gasteiger partial charge in [-0.15, -0.1) is 0 Å². The number of aromatic nitrogens is 4. The lowest BCUT2D eigenvalue weighted by Crippen LogP contribution is -2.57. The zero-order valence-corrected chi connectivity index (χ0v) is 20.7. The van der Waals surface area contributed by atoms with E-state index in [1.54, 1.807) is 18.4 Å². The highest BCUT2D eigenvalue weighted by molar-refractivity contribution is 5.91. The molecule has 5 rings (SSSR count). The third-order valence-electron chi connectivity index (χ3n) is 6.48. The number of aliphatic hydroxyl groups excluding tert-OH is 1. The fourth-order valence-electron chi connectivity index (χ4n) is 4.52. The predicted octanol–water partition coefficient (Wildman–Crippen LogP) is 1.54. The Balaban J connectivity index is 1.48. The average Bonchev–Trinajstić information content (AvgIpc) is 3.33. The molecule has 0 spiro atoms. The van der Waals surface area contributed by atoms with Gasteiger partial charge in [0, 0.05) is 24.7 Å². The largest absolute Gasteiger partial charge is 0.396 e. The van der Waals surface area contributed by atoms with Crippen molar-refractivity contribution in [2.75, 3.05) is 31.7 Å². The summed E-state index contributed by atoms with van der Waals surface area (Å²) in [6, 6.07) is 9.18. The fraction of sp³-hybridized carbons (Fsp3) is 0.520. The van der Waals surface area contributed by atoms with Crippen molar-refractivity contribution < 1.29 is 28.8 Å². The third kappa shape index (κ3) is 5.29. The van der Waals surface area contributed by atoms with Crippen LogP contribution in [0.2, 0.25) is 0 Å². The van der Waals surface area contributed by atoms with E-state index in [0.29, 0.717) is 19.6 Å². The van der Waals surface area contributed by atoms with Crippen LogP contribution < -0.4 is 10.9 Å². The quantitative estimate of drug-likeness (QED) is 0.381. The van der Waals surface area contributed by atoms with Gasteiger partial charge in [0.1, 0.15) is 18.3 Å². The lowest BCUT2D eigenvalue weighted by Gasteiger charge is -2.46. The van der Waals surface area contributed by atoms with Crippen LogP contribution in [0.1, 0.15) is 38.2 Å². The maximum atomic E-state index is 12.7. The maximum Gasteiger partial charge on any atom is 0.280 e. The van der Waals surface area contributed by atoms with Crippen LogP contribution in [0.15, 0.2) is 41.5 Å². The lowest BCUT2D eigenvalue weighted by molar-refractivity contribution is -0.311. The third-order valence-corrected chi connectivity index (χ3v) is 6.48. The van der Waals surface area contributed by atoms with Crippen LogP contribution in [0, 0.1) is 5.92 Å². The van der Waals surface area contributed by atoms with E-state index in [4.69, 9.17) is 18.9 Å². The van der Waals surface area contributed by atoms with E-state index >= 15 is 0 Å². The molecule has 37 heavy (non-hydrogen) atoms. The molecule has 0 aliphatic carbocycles. The monoisotopic (exact) mass is 513 g/mol. The Morgan fingerprint density at radius 2 is 2.08 bits per heavy atom. The first kappa shape index (κ1) is 25.5. The predicted molar refractivity (Wildman–Crippen MR) is 132 cm³/mol. The standard InChI is InChI=1S/C25H31N5O7/c1-14(2)22(32)28-25-27-21-18(23(33)29-25)26-13-30(21)16-11-35-17-12-36-24(15-7-4-3-5-8-15)37-20(17)19(16)34-10-6-9-31/h3-5,7-8,13-14,16-17,19-20,24,31H,6,9-12H2,1-2H3,(H2,27,28,29,32,33)/t16-,17-,19+,20-,24?/m1/s1. The van der Waals surface area contributed by atoms with Crippen molar-refractivity contribution in [3.05, 3.63) is 52.6 Å². The van der Waals surface area contributed by atoms with Gasteiger partial charge in [-0.1, -0.05) is 44.2 Å². The topological polar surface area (TPSA) is 150 Å². The number of aliphatic hydroxyl groups is 1. The molecule has 2 aliphatic rings. The molecule has 1 amide bonds. The Hall–Kier alpha value is -3.16. The fourth-order valence-corrected chi connectivity index (χ4v) is 4.52. The number of anilines is 1. The Labute approximate surface area is 212 Å². The molecule has 12 nitrogen and oxygen atoms in total. The summed E-state index contributed by atoms with van der Waals surface area (Å²) in [5.74, 6) is -0.524. The number of benzene rings is 1. The highest BCUT2D eigenvalue weighted by Gasteiger charge is 2.47. The Kier molecular flexibility index (Phi) is 7.63. The molecule has 4 heterocycles. The Morgan fingerprint density at radius 3 is 2.84 bits per heavy atom. The molecule has 2 saturated heterocycles. The number of ether oxygens (including phenoxy) is 4. The van der Waals surface area contributed by atoms with Gasteiger partial charge in [0.15, 0.2) is 17.5 Å². The van der Waals surface area contributed by atoms with Crippen LogP contribution in [0.4, 0.5) is 5.95 Å². The summed E-state index contributed by atoms with van der Waals surface area (Å²) >= 11 is 0. The molecule has 3 aromatic rings. The minimum atomic E-state index is -0.591. The molecule has 2 aromatic heterocycles. The van der Waals surface area contributed by atoms with Crippen molar-refractivity contribution in [1.82, 2.24) is 19.5 Å². The number of carbonyl (C=O) groups is 1. The minimum absolute atomic E-state index is 0.0115.